The number of aliphatic hydroxyl groups excluding tert-OH is 2. The van der Waals surface area contributed by atoms with Gasteiger partial charge in [-0.05, 0) is 61.9 Å². The zero-order valence-electron chi connectivity index (χ0n) is 19.3. The summed E-state index contributed by atoms with van der Waals surface area (Å²) in [4.78, 5) is 19.8. The summed E-state index contributed by atoms with van der Waals surface area (Å²) in [6.45, 7) is 6.32. The number of benzene rings is 2. The van der Waals surface area contributed by atoms with Gasteiger partial charge in [0, 0.05) is 44.0 Å². The Morgan fingerprint density at radius 1 is 0.939 bits per heavy atom. The third-order valence-corrected chi connectivity index (χ3v) is 7.63. The van der Waals surface area contributed by atoms with Crippen molar-refractivity contribution in [3.8, 4) is 0 Å². The highest BCUT2D eigenvalue weighted by molar-refractivity contribution is 5.99. The highest BCUT2D eigenvalue weighted by atomic mass is 16.3. The van der Waals surface area contributed by atoms with Crippen LogP contribution in [0.5, 0.6) is 0 Å². The fourth-order valence-electron chi connectivity index (χ4n) is 5.72. The molecule has 2 heterocycles. The standard InChI is InChI=1S/C26H34N4O3/c1-17-5-2-3-6-21(17)28-11-13-29(14-12-28)23-15-18-9-10-30(26(33)19(18)16-20(23)27)22-7-4-8-24(31)25(22)32/h2-3,5-6,15-16,22,24-25,31-32H,4,7-14,27H2,1H3/t22-,24-,25+/m0/s1. The maximum atomic E-state index is 13.3. The van der Waals surface area contributed by atoms with E-state index in [1.165, 1.54) is 11.3 Å². The molecule has 1 amide bonds. The topological polar surface area (TPSA) is 93.3 Å². The number of nitrogens with two attached hydrogens (primary N) is 1. The first-order valence-electron chi connectivity index (χ1n) is 12.1. The summed E-state index contributed by atoms with van der Waals surface area (Å²) in [5, 5.41) is 20.5. The molecule has 176 valence electrons. The molecule has 2 aromatic rings. The van der Waals surface area contributed by atoms with E-state index < -0.39 is 12.2 Å². The maximum Gasteiger partial charge on any atom is 0.254 e. The van der Waals surface area contributed by atoms with Crippen LogP contribution in [0.25, 0.3) is 0 Å². The predicted molar refractivity (Wildman–Crippen MR) is 131 cm³/mol. The van der Waals surface area contributed by atoms with E-state index in [4.69, 9.17) is 5.73 Å². The van der Waals surface area contributed by atoms with Crippen molar-refractivity contribution in [3.63, 3.8) is 0 Å². The lowest BCUT2D eigenvalue weighted by Gasteiger charge is -2.42. The molecule has 5 rings (SSSR count). The maximum absolute atomic E-state index is 13.3. The van der Waals surface area contributed by atoms with Crippen LogP contribution in [0.15, 0.2) is 36.4 Å². The average Bonchev–Trinajstić information content (AvgIpc) is 2.82. The SMILES string of the molecule is Cc1ccccc1N1CCN(c2cc3c(cc2N)C(=O)N([C@H]2CCC[C@H](O)[C@@H]2O)CC3)CC1. The number of aryl methyl sites for hydroxylation is 1. The van der Waals surface area contributed by atoms with Gasteiger partial charge in [-0.3, -0.25) is 4.79 Å². The molecule has 0 bridgehead atoms. The second-order valence-electron chi connectivity index (χ2n) is 9.63. The summed E-state index contributed by atoms with van der Waals surface area (Å²) in [5.41, 5.74) is 12.3. The number of carbonyl (C=O) groups excluding carboxylic acids is 1. The number of nitrogen functional groups attached to an aromatic ring is 1. The van der Waals surface area contributed by atoms with E-state index in [0.717, 1.165) is 56.7 Å². The Labute approximate surface area is 195 Å². The van der Waals surface area contributed by atoms with E-state index in [1.54, 1.807) is 4.90 Å². The van der Waals surface area contributed by atoms with Gasteiger partial charge in [-0.15, -0.1) is 0 Å². The number of rotatable bonds is 3. The van der Waals surface area contributed by atoms with Crippen molar-refractivity contribution >= 4 is 23.0 Å². The minimum atomic E-state index is -0.884. The first-order valence-corrected chi connectivity index (χ1v) is 12.1. The second kappa shape index (κ2) is 8.88. The minimum absolute atomic E-state index is 0.0861. The van der Waals surface area contributed by atoms with Gasteiger partial charge in [0.1, 0.15) is 6.10 Å². The molecule has 1 saturated carbocycles. The van der Waals surface area contributed by atoms with Crippen molar-refractivity contribution in [2.75, 3.05) is 48.3 Å². The Morgan fingerprint density at radius 2 is 1.64 bits per heavy atom. The molecule has 1 saturated heterocycles. The molecule has 0 aromatic heterocycles. The van der Waals surface area contributed by atoms with Gasteiger partial charge in [-0.25, -0.2) is 0 Å². The van der Waals surface area contributed by atoms with Gasteiger partial charge in [0.2, 0.25) is 0 Å². The summed E-state index contributed by atoms with van der Waals surface area (Å²) < 4.78 is 0. The minimum Gasteiger partial charge on any atom is -0.397 e. The third-order valence-electron chi connectivity index (χ3n) is 7.63. The monoisotopic (exact) mass is 450 g/mol. The zero-order chi connectivity index (χ0) is 23.1. The summed E-state index contributed by atoms with van der Waals surface area (Å²) >= 11 is 0. The molecule has 2 aliphatic heterocycles. The van der Waals surface area contributed by atoms with E-state index in [0.29, 0.717) is 24.2 Å². The number of hydrogen-bond acceptors (Lipinski definition) is 6. The largest absolute Gasteiger partial charge is 0.397 e. The van der Waals surface area contributed by atoms with Crippen LogP contribution in [0, 0.1) is 6.92 Å². The summed E-state index contributed by atoms with van der Waals surface area (Å²) in [7, 11) is 0. The van der Waals surface area contributed by atoms with Gasteiger partial charge in [-0.1, -0.05) is 18.2 Å². The van der Waals surface area contributed by atoms with Crippen LogP contribution in [0.4, 0.5) is 17.1 Å². The molecular weight excluding hydrogens is 416 g/mol. The normalized spacial score (nSPS) is 25.8. The van der Waals surface area contributed by atoms with Gasteiger partial charge in [0.05, 0.1) is 23.5 Å². The van der Waals surface area contributed by atoms with Gasteiger partial charge >= 0.3 is 0 Å². The van der Waals surface area contributed by atoms with Gasteiger partial charge < -0.3 is 30.6 Å². The number of hydrogen-bond donors (Lipinski definition) is 3. The number of piperazine rings is 1. The number of anilines is 3. The van der Waals surface area contributed by atoms with Gasteiger partial charge in [0.15, 0.2) is 0 Å². The highest BCUT2D eigenvalue weighted by Gasteiger charge is 2.39. The molecule has 2 aromatic carbocycles. The molecule has 0 radical (unpaired) electrons. The average molecular weight is 451 g/mol. The first kappa shape index (κ1) is 22.0. The Morgan fingerprint density at radius 3 is 2.36 bits per heavy atom. The number of nitrogens with zero attached hydrogens (tertiary/aromatic N) is 3. The lowest BCUT2D eigenvalue weighted by atomic mass is 9.86. The van der Waals surface area contributed by atoms with Crippen molar-refractivity contribution in [1.29, 1.82) is 0 Å². The highest BCUT2D eigenvalue weighted by Crippen LogP contribution is 2.34. The van der Waals surface area contributed by atoms with Crippen LogP contribution in [0.1, 0.15) is 40.7 Å². The predicted octanol–water partition coefficient (Wildman–Crippen LogP) is 2.18. The molecule has 7 heteroatoms. The molecule has 0 spiro atoms. The van der Waals surface area contributed by atoms with Crippen molar-refractivity contribution in [1.82, 2.24) is 4.90 Å². The number of aliphatic hydroxyl groups is 2. The molecule has 1 aliphatic carbocycles. The summed E-state index contributed by atoms with van der Waals surface area (Å²) in [5.74, 6) is -0.0861. The molecule has 2 fully saturated rings. The van der Waals surface area contributed by atoms with Crippen molar-refractivity contribution < 1.29 is 15.0 Å². The number of fused-ring (bicyclic) bond motifs is 1. The van der Waals surface area contributed by atoms with Crippen LogP contribution in [-0.2, 0) is 6.42 Å². The molecule has 33 heavy (non-hydrogen) atoms. The lowest BCUT2D eigenvalue weighted by molar-refractivity contribution is -0.0578. The van der Waals surface area contributed by atoms with E-state index >= 15 is 0 Å². The lowest BCUT2D eigenvalue weighted by Crippen LogP contribution is -2.55. The van der Waals surface area contributed by atoms with E-state index in [9.17, 15) is 15.0 Å². The Hall–Kier alpha value is -2.77. The molecule has 4 N–H and O–H groups in total. The van der Waals surface area contributed by atoms with Crippen LogP contribution in [-0.4, -0.2) is 72.0 Å². The van der Waals surface area contributed by atoms with Crippen molar-refractivity contribution in [3.05, 3.63) is 53.1 Å². The fraction of sp³-hybridized carbons (Fsp3) is 0.500. The number of amides is 1. The summed E-state index contributed by atoms with van der Waals surface area (Å²) in [6, 6.07) is 12.1. The quantitative estimate of drug-likeness (QED) is 0.621. The second-order valence-corrected chi connectivity index (χ2v) is 9.63. The summed E-state index contributed by atoms with van der Waals surface area (Å²) in [6.07, 6.45) is 1.21. The van der Waals surface area contributed by atoms with Crippen LogP contribution >= 0.6 is 0 Å². The first-order chi connectivity index (χ1) is 15.9. The van der Waals surface area contributed by atoms with E-state index in [2.05, 4.69) is 47.1 Å². The Kier molecular flexibility index (Phi) is 5.93. The van der Waals surface area contributed by atoms with Gasteiger partial charge in [0.25, 0.3) is 5.91 Å². The van der Waals surface area contributed by atoms with Crippen LogP contribution < -0.4 is 15.5 Å². The number of para-hydroxylation sites is 1. The fourth-order valence-corrected chi connectivity index (χ4v) is 5.72. The van der Waals surface area contributed by atoms with E-state index in [-0.39, 0.29) is 11.9 Å². The molecule has 0 unspecified atom stereocenters. The smallest absolute Gasteiger partial charge is 0.254 e. The Bertz CT molecular complexity index is 1030. The zero-order valence-corrected chi connectivity index (χ0v) is 19.3. The molecule has 3 aliphatic rings. The number of carbonyl (C=O) groups is 1. The van der Waals surface area contributed by atoms with Crippen molar-refractivity contribution in [2.45, 2.75) is 50.9 Å². The van der Waals surface area contributed by atoms with E-state index in [1.807, 2.05) is 6.07 Å². The molecule has 7 nitrogen and oxygen atoms in total. The van der Waals surface area contributed by atoms with Crippen LogP contribution in [0.2, 0.25) is 0 Å². The third kappa shape index (κ3) is 4.04. The van der Waals surface area contributed by atoms with Crippen LogP contribution in [0.3, 0.4) is 0 Å². The Balaban J connectivity index is 1.32. The molecule has 3 atom stereocenters. The van der Waals surface area contributed by atoms with Crippen molar-refractivity contribution in [2.24, 2.45) is 0 Å². The molecular formula is C26H34N4O3. The van der Waals surface area contributed by atoms with Gasteiger partial charge in [-0.2, -0.15) is 0 Å².